The van der Waals surface area contributed by atoms with Crippen LogP contribution in [-0.2, 0) is 24.3 Å². The molecule has 8 nitrogen and oxygen atoms in total. The summed E-state index contributed by atoms with van der Waals surface area (Å²) in [6, 6.07) is 8.58. The molecule has 2 aliphatic rings. The van der Waals surface area contributed by atoms with Gasteiger partial charge in [0.05, 0.1) is 30.9 Å². The van der Waals surface area contributed by atoms with E-state index in [1.165, 1.54) is 19.3 Å². The number of amidine groups is 1. The first-order chi connectivity index (χ1) is 12.9. The van der Waals surface area contributed by atoms with Gasteiger partial charge in [-0.25, -0.2) is 8.42 Å². The van der Waals surface area contributed by atoms with Gasteiger partial charge in [-0.2, -0.15) is 0 Å². The molecule has 27 heavy (non-hydrogen) atoms. The predicted molar refractivity (Wildman–Crippen MR) is 99.1 cm³/mol. The molecule has 1 aromatic carbocycles. The largest absolute Gasteiger partial charge is 0.469 e. The number of nitrogens with zero attached hydrogens (tertiary/aromatic N) is 2. The molecule has 1 amide bonds. The second kappa shape index (κ2) is 7.75. The second-order valence-electron chi connectivity index (χ2n) is 6.06. The molecule has 0 aromatic heterocycles. The van der Waals surface area contributed by atoms with Crippen LogP contribution in [0.4, 0.5) is 0 Å². The Bertz CT molecular complexity index is 935. The van der Waals surface area contributed by atoms with Crippen molar-refractivity contribution >= 4 is 27.7 Å². The number of amides is 1. The number of methoxy groups -OCH3 is 1. The summed E-state index contributed by atoms with van der Waals surface area (Å²) in [5.41, 5.74) is 1.13. The highest BCUT2D eigenvalue weighted by Gasteiger charge is 2.26. The van der Waals surface area contributed by atoms with Gasteiger partial charge in [0.2, 0.25) is 0 Å². The van der Waals surface area contributed by atoms with Crippen LogP contribution < -0.4 is 5.32 Å². The number of carbonyl (C=O) groups excluding carboxylic acids is 2. The zero-order valence-electron chi connectivity index (χ0n) is 14.7. The number of benzene rings is 1. The average Bonchev–Trinajstić information content (AvgIpc) is 2.66. The first-order valence-electron chi connectivity index (χ1n) is 8.30. The Morgan fingerprint density at radius 1 is 1.26 bits per heavy atom. The van der Waals surface area contributed by atoms with Gasteiger partial charge in [-0.05, 0) is 17.7 Å². The van der Waals surface area contributed by atoms with Crippen molar-refractivity contribution in [3.05, 3.63) is 59.8 Å². The van der Waals surface area contributed by atoms with E-state index in [1.807, 2.05) is 30.3 Å². The fraction of sp³-hybridized carbons (Fsp3) is 0.278. The van der Waals surface area contributed by atoms with E-state index < -0.39 is 22.0 Å². The Morgan fingerprint density at radius 3 is 2.70 bits per heavy atom. The lowest BCUT2D eigenvalue weighted by Crippen LogP contribution is -2.38. The van der Waals surface area contributed by atoms with Crippen molar-refractivity contribution < 1.29 is 22.7 Å². The Labute approximate surface area is 157 Å². The predicted octanol–water partition coefficient (Wildman–Crippen LogP) is 0.905. The summed E-state index contributed by atoms with van der Waals surface area (Å²) in [6.45, 7) is 0.229. The number of carbonyl (C=O) groups is 2. The topological polar surface area (TPSA) is 105 Å². The number of fused-ring (bicyclic) bond motifs is 1. The van der Waals surface area contributed by atoms with Gasteiger partial charge in [0.15, 0.2) is 0 Å². The number of rotatable bonds is 5. The van der Waals surface area contributed by atoms with E-state index in [0.717, 1.165) is 5.56 Å². The molecule has 0 aliphatic carbocycles. The van der Waals surface area contributed by atoms with E-state index in [0.29, 0.717) is 5.57 Å². The highest BCUT2D eigenvalue weighted by Crippen LogP contribution is 2.20. The molecule has 0 fully saturated rings. The summed E-state index contributed by atoms with van der Waals surface area (Å²) in [6.07, 6.45) is 4.55. The Kier molecular flexibility index (Phi) is 5.41. The Hall–Kier alpha value is -2.94. The van der Waals surface area contributed by atoms with Crippen molar-refractivity contribution in [1.82, 2.24) is 10.2 Å². The van der Waals surface area contributed by atoms with E-state index in [9.17, 15) is 18.0 Å². The molecule has 2 heterocycles. The van der Waals surface area contributed by atoms with E-state index in [4.69, 9.17) is 4.74 Å². The first kappa shape index (κ1) is 18.8. The quantitative estimate of drug-likeness (QED) is 0.751. The normalized spacial score (nSPS) is 18.6. The number of sulfonamides is 1. The van der Waals surface area contributed by atoms with E-state index in [2.05, 4.69) is 9.71 Å². The van der Waals surface area contributed by atoms with Crippen LogP contribution in [0.15, 0.2) is 58.7 Å². The third-order valence-corrected chi connectivity index (χ3v) is 5.36. The highest BCUT2D eigenvalue weighted by molar-refractivity contribution is 7.90. The number of ether oxygens (including phenoxy) is 1. The summed E-state index contributed by atoms with van der Waals surface area (Å²) in [4.78, 5) is 26.0. The van der Waals surface area contributed by atoms with Crippen molar-refractivity contribution in [3.8, 4) is 0 Å². The fourth-order valence-corrected chi connectivity index (χ4v) is 3.73. The summed E-state index contributed by atoms with van der Waals surface area (Å²) in [5.74, 6) is -0.638. The van der Waals surface area contributed by atoms with Crippen molar-refractivity contribution in [2.45, 2.75) is 12.5 Å². The van der Waals surface area contributed by atoms with Gasteiger partial charge in [-0.15, -0.1) is 4.40 Å². The summed E-state index contributed by atoms with van der Waals surface area (Å²) in [7, 11) is -2.15. The molecule has 0 saturated heterocycles. The molecule has 1 atom stereocenters. The van der Waals surface area contributed by atoms with Crippen molar-refractivity contribution in [2.24, 2.45) is 4.40 Å². The fourth-order valence-electron chi connectivity index (χ4n) is 2.76. The van der Waals surface area contributed by atoms with Crippen LogP contribution in [-0.4, -0.2) is 50.4 Å². The van der Waals surface area contributed by atoms with Gasteiger partial charge in [0.25, 0.3) is 15.9 Å². The third kappa shape index (κ3) is 4.62. The van der Waals surface area contributed by atoms with Crippen LogP contribution in [0, 0.1) is 0 Å². The number of hydrogen-bond acceptors (Lipinski definition) is 6. The Balaban J connectivity index is 1.77. The van der Waals surface area contributed by atoms with E-state index >= 15 is 0 Å². The van der Waals surface area contributed by atoms with Gasteiger partial charge in [0.1, 0.15) is 5.84 Å². The zero-order valence-corrected chi connectivity index (χ0v) is 15.5. The molecule has 0 bridgehead atoms. The molecule has 0 spiro atoms. The molecule has 2 aliphatic heterocycles. The van der Waals surface area contributed by atoms with Gasteiger partial charge in [-0.1, -0.05) is 30.3 Å². The minimum atomic E-state index is -3.45. The van der Waals surface area contributed by atoms with Crippen LogP contribution in [0.3, 0.4) is 0 Å². The summed E-state index contributed by atoms with van der Waals surface area (Å²) < 4.78 is 31.5. The van der Waals surface area contributed by atoms with Crippen molar-refractivity contribution in [2.75, 3.05) is 19.4 Å². The number of nitrogens with one attached hydrogen (secondary N) is 1. The zero-order chi connectivity index (χ0) is 19.4. The van der Waals surface area contributed by atoms with Crippen molar-refractivity contribution in [3.63, 3.8) is 0 Å². The third-order valence-electron chi connectivity index (χ3n) is 4.19. The maximum absolute atomic E-state index is 12.7. The molecular formula is C18H19N3O5S. The molecule has 1 aromatic rings. The van der Waals surface area contributed by atoms with Crippen LogP contribution in [0.1, 0.15) is 18.0 Å². The van der Waals surface area contributed by atoms with E-state index in [1.54, 1.807) is 11.1 Å². The van der Waals surface area contributed by atoms with Crippen LogP contribution in [0.2, 0.25) is 0 Å². The average molecular weight is 389 g/mol. The first-order valence-corrected chi connectivity index (χ1v) is 9.91. The molecule has 142 valence electrons. The molecule has 0 saturated carbocycles. The minimum absolute atomic E-state index is 0.00207. The summed E-state index contributed by atoms with van der Waals surface area (Å²) >= 11 is 0. The number of esters is 1. The highest BCUT2D eigenvalue weighted by atomic mass is 32.2. The maximum atomic E-state index is 12.7. The monoisotopic (exact) mass is 389 g/mol. The molecular weight excluding hydrogens is 370 g/mol. The smallest absolute Gasteiger partial charge is 0.307 e. The lowest BCUT2D eigenvalue weighted by atomic mass is 10.0. The van der Waals surface area contributed by atoms with Gasteiger partial charge < -0.3 is 15.0 Å². The second-order valence-corrected chi connectivity index (χ2v) is 7.82. The molecule has 9 heteroatoms. The van der Waals surface area contributed by atoms with Crippen LogP contribution in [0.25, 0.3) is 0 Å². The molecule has 3 rings (SSSR count). The van der Waals surface area contributed by atoms with E-state index in [-0.39, 0.29) is 30.5 Å². The molecule has 0 unspecified atom stereocenters. The molecule has 1 N–H and O–H groups in total. The lowest BCUT2D eigenvalue weighted by molar-refractivity contribution is -0.141. The van der Waals surface area contributed by atoms with Crippen LogP contribution in [0.5, 0.6) is 0 Å². The van der Waals surface area contributed by atoms with Gasteiger partial charge in [-0.3, -0.25) is 9.59 Å². The van der Waals surface area contributed by atoms with Gasteiger partial charge in [0, 0.05) is 12.7 Å². The van der Waals surface area contributed by atoms with Crippen molar-refractivity contribution in [1.29, 1.82) is 0 Å². The standard InChI is InChI=1S/C18H19N3O5S/c1-26-17(22)11-15(13-5-3-2-4-6-13)19-18(23)14-7-8-16-20-27(24,25)10-9-21(16)12-14/h2-8,12,15H,9-11H2,1H3,(H,19,23)/t15-/m1/s1. The minimum Gasteiger partial charge on any atom is -0.469 e. The maximum Gasteiger partial charge on any atom is 0.307 e. The van der Waals surface area contributed by atoms with Gasteiger partial charge >= 0.3 is 5.97 Å². The number of hydrogen-bond donors (Lipinski definition) is 1. The molecule has 0 radical (unpaired) electrons. The van der Waals surface area contributed by atoms with Crippen LogP contribution >= 0.6 is 0 Å². The lowest BCUT2D eigenvalue weighted by Gasteiger charge is -2.27. The SMILES string of the molecule is COC(=O)C[C@@H](NC(=O)C1=CN2CCS(=O)(=O)N=C2C=C1)c1ccccc1. The summed E-state index contributed by atoms with van der Waals surface area (Å²) in [5, 5.41) is 2.84. The Morgan fingerprint density at radius 2 is 2.00 bits per heavy atom.